The molecule has 5 nitrogen and oxygen atoms in total. The Hall–Kier alpha value is -1.53. The second kappa shape index (κ2) is 6.58. The van der Waals surface area contributed by atoms with E-state index in [-0.39, 0.29) is 11.9 Å². The average molecular weight is 279 g/mol. The third-order valence-corrected chi connectivity index (χ3v) is 4.01. The average Bonchev–Trinajstić information content (AvgIpc) is 2.40. The summed E-state index contributed by atoms with van der Waals surface area (Å²) in [5.41, 5.74) is 6.26. The highest BCUT2D eigenvalue weighted by Gasteiger charge is 2.16. The summed E-state index contributed by atoms with van der Waals surface area (Å²) >= 11 is 1.86. The molecule has 0 spiro atoms. The molecule has 1 heterocycles. The van der Waals surface area contributed by atoms with Crippen LogP contribution in [0.2, 0.25) is 0 Å². The normalized spacial score (nSPS) is 18.8. The number of amides is 2. The van der Waals surface area contributed by atoms with Crippen molar-refractivity contribution in [2.24, 2.45) is 5.73 Å². The first kappa shape index (κ1) is 13.9. The highest BCUT2D eigenvalue weighted by molar-refractivity contribution is 7.99. The van der Waals surface area contributed by atoms with Crippen molar-refractivity contribution in [3.8, 4) is 0 Å². The Kier molecular flexibility index (Phi) is 4.81. The topological polar surface area (TPSA) is 84.2 Å². The predicted molar refractivity (Wildman–Crippen MR) is 77.3 cm³/mol. The lowest BCUT2D eigenvalue weighted by Crippen LogP contribution is -2.39. The van der Waals surface area contributed by atoms with E-state index in [9.17, 15) is 9.59 Å². The van der Waals surface area contributed by atoms with E-state index in [0.29, 0.717) is 17.7 Å². The van der Waals surface area contributed by atoms with Crippen molar-refractivity contribution in [2.45, 2.75) is 12.5 Å². The molecular formula is C13H17N3O2S. The van der Waals surface area contributed by atoms with Crippen molar-refractivity contribution in [3.63, 3.8) is 0 Å². The fourth-order valence-electron chi connectivity index (χ4n) is 1.90. The van der Waals surface area contributed by atoms with Gasteiger partial charge in [-0.15, -0.1) is 0 Å². The van der Waals surface area contributed by atoms with E-state index in [0.717, 1.165) is 18.1 Å². The summed E-state index contributed by atoms with van der Waals surface area (Å²) in [6.07, 6.45) is 0.463. The van der Waals surface area contributed by atoms with Crippen LogP contribution in [0.5, 0.6) is 0 Å². The highest BCUT2D eigenvalue weighted by atomic mass is 32.2. The summed E-state index contributed by atoms with van der Waals surface area (Å²) < 4.78 is 0. The predicted octanol–water partition coefficient (Wildman–Crippen LogP) is 0.819. The zero-order chi connectivity index (χ0) is 13.7. The lowest BCUT2D eigenvalue weighted by molar-refractivity contribution is -0.116. The summed E-state index contributed by atoms with van der Waals surface area (Å²) in [5, 5.41) is 6.13. The van der Waals surface area contributed by atoms with E-state index in [1.807, 2.05) is 11.8 Å². The van der Waals surface area contributed by atoms with Gasteiger partial charge in [-0.2, -0.15) is 11.8 Å². The van der Waals surface area contributed by atoms with Gasteiger partial charge in [0, 0.05) is 41.8 Å². The molecule has 0 bridgehead atoms. The Labute approximate surface area is 116 Å². The number of rotatable bonds is 4. The molecule has 0 aromatic heterocycles. The van der Waals surface area contributed by atoms with Gasteiger partial charge in [0.1, 0.15) is 0 Å². The molecule has 19 heavy (non-hydrogen) atoms. The smallest absolute Gasteiger partial charge is 0.248 e. The largest absolute Gasteiger partial charge is 0.366 e. The third kappa shape index (κ3) is 4.25. The molecule has 0 aliphatic carbocycles. The van der Waals surface area contributed by atoms with Crippen LogP contribution >= 0.6 is 11.8 Å². The van der Waals surface area contributed by atoms with E-state index in [1.165, 1.54) is 0 Å². The van der Waals surface area contributed by atoms with Crippen molar-refractivity contribution < 1.29 is 9.59 Å². The lowest BCUT2D eigenvalue weighted by Gasteiger charge is -2.22. The number of primary amides is 1. The van der Waals surface area contributed by atoms with Gasteiger partial charge in [0.2, 0.25) is 11.8 Å². The van der Waals surface area contributed by atoms with Gasteiger partial charge < -0.3 is 16.4 Å². The molecule has 1 saturated heterocycles. The van der Waals surface area contributed by atoms with Gasteiger partial charge in [0.25, 0.3) is 0 Å². The number of hydrogen-bond acceptors (Lipinski definition) is 4. The number of nitrogens with two attached hydrogens (primary N) is 1. The fraction of sp³-hybridized carbons (Fsp3) is 0.385. The number of nitrogens with one attached hydrogen (secondary N) is 2. The second-order valence-corrected chi connectivity index (χ2v) is 5.57. The number of carbonyl (C=O) groups is 2. The minimum Gasteiger partial charge on any atom is -0.366 e. The Bertz CT molecular complexity index is 455. The van der Waals surface area contributed by atoms with Gasteiger partial charge in [0.15, 0.2) is 0 Å². The van der Waals surface area contributed by atoms with Gasteiger partial charge in [-0.3, -0.25) is 9.59 Å². The molecule has 1 aliphatic heterocycles. The van der Waals surface area contributed by atoms with Crippen molar-refractivity contribution in [3.05, 3.63) is 29.8 Å². The summed E-state index contributed by atoms with van der Waals surface area (Å²) in [6.45, 7) is 0.954. The van der Waals surface area contributed by atoms with Gasteiger partial charge in [0.05, 0.1) is 0 Å². The van der Waals surface area contributed by atoms with Crippen molar-refractivity contribution in [1.29, 1.82) is 0 Å². The maximum Gasteiger partial charge on any atom is 0.248 e. The summed E-state index contributed by atoms with van der Waals surface area (Å²) in [5.74, 6) is 1.58. The molecule has 1 aromatic carbocycles. The summed E-state index contributed by atoms with van der Waals surface area (Å²) in [7, 11) is 0. The van der Waals surface area contributed by atoms with E-state index in [1.54, 1.807) is 24.3 Å². The Morgan fingerprint density at radius 3 is 2.68 bits per heavy atom. The number of hydrogen-bond donors (Lipinski definition) is 3. The van der Waals surface area contributed by atoms with E-state index >= 15 is 0 Å². The summed E-state index contributed by atoms with van der Waals surface area (Å²) in [6, 6.07) is 6.81. The minimum absolute atomic E-state index is 0.0215. The van der Waals surface area contributed by atoms with Gasteiger partial charge in [-0.25, -0.2) is 0 Å². The molecule has 1 fully saturated rings. The van der Waals surface area contributed by atoms with E-state index in [4.69, 9.17) is 5.73 Å². The zero-order valence-corrected chi connectivity index (χ0v) is 11.3. The maximum absolute atomic E-state index is 11.8. The van der Waals surface area contributed by atoms with Crippen LogP contribution in [0.1, 0.15) is 16.8 Å². The van der Waals surface area contributed by atoms with Crippen LogP contribution in [0, 0.1) is 0 Å². The van der Waals surface area contributed by atoms with Crippen LogP contribution in [0.25, 0.3) is 0 Å². The Balaban J connectivity index is 1.85. The van der Waals surface area contributed by atoms with Crippen LogP contribution < -0.4 is 16.4 Å². The quantitative estimate of drug-likeness (QED) is 0.762. The van der Waals surface area contributed by atoms with Gasteiger partial charge in [-0.1, -0.05) is 0 Å². The first-order chi connectivity index (χ1) is 9.15. The molecular weight excluding hydrogens is 262 g/mol. The first-order valence-corrected chi connectivity index (χ1v) is 7.31. The fourth-order valence-corrected chi connectivity index (χ4v) is 2.85. The molecule has 0 saturated carbocycles. The standard InChI is InChI=1S/C13H17N3O2S/c14-13(18)9-1-3-10(4-2-9)16-12(17)7-11-8-19-6-5-15-11/h1-4,11,15H,5-8H2,(H2,14,18)(H,16,17). The van der Waals surface area contributed by atoms with Gasteiger partial charge >= 0.3 is 0 Å². The first-order valence-electron chi connectivity index (χ1n) is 6.16. The van der Waals surface area contributed by atoms with Crippen LogP contribution in [0.3, 0.4) is 0 Å². The number of thioether (sulfide) groups is 1. The van der Waals surface area contributed by atoms with Crippen LogP contribution in [-0.4, -0.2) is 35.9 Å². The molecule has 2 rings (SSSR count). The lowest BCUT2D eigenvalue weighted by atomic mass is 10.2. The SMILES string of the molecule is NC(=O)c1ccc(NC(=O)CC2CSCCN2)cc1. The molecule has 1 atom stereocenters. The zero-order valence-electron chi connectivity index (χ0n) is 10.5. The monoisotopic (exact) mass is 279 g/mol. The number of carbonyl (C=O) groups excluding carboxylic acids is 2. The molecule has 6 heteroatoms. The molecule has 102 valence electrons. The molecule has 1 unspecified atom stereocenters. The van der Waals surface area contributed by atoms with E-state index in [2.05, 4.69) is 10.6 Å². The molecule has 0 radical (unpaired) electrons. The van der Waals surface area contributed by atoms with Crippen LogP contribution in [0.15, 0.2) is 24.3 Å². The van der Waals surface area contributed by atoms with Crippen molar-refractivity contribution in [1.82, 2.24) is 5.32 Å². The molecule has 2 amide bonds. The highest BCUT2D eigenvalue weighted by Crippen LogP contribution is 2.13. The summed E-state index contributed by atoms with van der Waals surface area (Å²) in [4.78, 5) is 22.8. The van der Waals surface area contributed by atoms with E-state index < -0.39 is 5.91 Å². The maximum atomic E-state index is 11.8. The minimum atomic E-state index is -0.471. The third-order valence-electron chi connectivity index (χ3n) is 2.88. The molecule has 4 N–H and O–H groups in total. The van der Waals surface area contributed by atoms with Crippen LogP contribution in [-0.2, 0) is 4.79 Å². The number of anilines is 1. The Morgan fingerprint density at radius 2 is 2.11 bits per heavy atom. The van der Waals surface area contributed by atoms with Crippen molar-refractivity contribution >= 4 is 29.3 Å². The van der Waals surface area contributed by atoms with Crippen molar-refractivity contribution in [2.75, 3.05) is 23.4 Å². The van der Waals surface area contributed by atoms with Gasteiger partial charge in [-0.05, 0) is 24.3 Å². The number of benzene rings is 1. The molecule has 1 aromatic rings. The molecule has 1 aliphatic rings. The van der Waals surface area contributed by atoms with Crippen LogP contribution in [0.4, 0.5) is 5.69 Å². The second-order valence-electron chi connectivity index (χ2n) is 4.42. The Morgan fingerprint density at radius 1 is 1.37 bits per heavy atom.